The van der Waals surface area contributed by atoms with E-state index in [-0.39, 0.29) is 5.97 Å². The molecule has 0 saturated heterocycles. The summed E-state index contributed by atoms with van der Waals surface area (Å²) in [6.45, 7) is 4.57. The Bertz CT molecular complexity index is 880. The van der Waals surface area contributed by atoms with Gasteiger partial charge in [0.05, 0.1) is 7.11 Å². The maximum Gasteiger partial charge on any atom is 0.348 e. The van der Waals surface area contributed by atoms with Crippen LogP contribution in [0.5, 0.6) is 0 Å². The van der Waals surface area contributed by atoms with Crippen LogP contribution in [0.3, 0.4) is 0 Å². The minimum Gasteiger partial charge on any atom is -0.465 e. The van der Waals surface area contributed by atoms with Gasteiger partial charge in [-0.1, -0.05) is 48.1 Å². The van der Waals surface area contributed by atoms with Crippen molar-refractivity contribution in [3.63, 3.8) is 0 Å². The number of esters is 1. The van der Waals surface area contributed by atoms with Crippen LogP contribution in [-0.2, 0) is 11.2 Å². The number of aryl methyl sites for hydroxylation is 1. The molecule has 1 aliphatic rings. The minimum absolute atomic E-state index is 0.245. The fourth-order valence-electron chi connectivity index (χ4n) is 3.80. The highest BCUT2D eigenvalue weighted by Crippen LogP contribution is 2.39. The number of benzene rings is 1. The van der Waals surface area contributed by atoms with E-state index in [1.165, 1.54) is 34.5 Å². The number of hydrogen-bond donors (Lipinski definition) is 0. The molecule has 0 fully saturated rings. The summed E-state index contributed by atoms with van der Waals surface area (Å²) in [6, 6.07) is 14.1. The highest BCUT2D eigenvalue weighted by Gasteiger charge is 2.28. The van der Waals surface area contributed by atoms with Crippen molar-refractivity contribution in [3.8, 4) is 11.8 Å². The molecule has 3 heteroatoms. The number of allylic oxidation sites excluding steroid dienone is 2. The highest BCUT2D eigenvalue weighted by molar-refractivity contribution is 7.13. The van der Waals surface area contributed by atoms with Gasteiger partial charge in [0.25, 0.3) is 0 Å². The number of hydrogen-bond acceptors (Lipinski definition) is 3. The van der Waals surface area contributed by atoms with Gasteiger partial charge in [0.1, 0.15) is 4.88 Å². The molecule has 0 unspecified atom stereocenters. The Kier molecular flexibility index (Phi) is 6.53. The van der Waals surface area contributed by atoms with E-state index in [4.69, 9.17) is 4.74 Å². The molecule has 0 aliphatic heterocycles. The fraction of sp³-hybridized carbons (Fsp3) is 0.375. The zero-order valence-corrected chi connectivity index (χ0v) is 17.1. The molecule has 2 aromatic rings. The number of thiophene rings is 1. The average Bonchev–Trinajstić information content (AvgIpc) is 3.25. The molecule has 0 amide bonds. The van der Waals surface area contributed by atoms with Crippen molar-refractivity contribution >= 4 is 17.3 Å². The number of ether oxygens (including phenoxy) is 1. The predicted octanol–water partition coefficient (Wildman–Crippen LogP) is 5.88. The summed E-state index contributed by atoms with van der Waals surface area (Å²) in [6.07, 6.45) is 4.31. The van der Waals surface area contributed by atoms with Gasteiger partial charge >= 0.3 is 5.97 Å². The molecule has 140 valence electrons. The van der Waals surface area contributed by atoms with Crippen molar-refractivity contribution < 1.29 is 9.53 Å². The van der Waals surface area contributed by atoms with Crippen molar-refractivity contribution in [1.29, 1.82) is 0 Å². The Hall–Kier alpha value is -2.31. The Morgan fingerprint density at radius 1 is 1.19 bits per heavy atom. The lowest BCUT2D eigenvalue weighted by atomic mass is 9.90. The largest absolute Gasteiger partial charge is 0.465 e. The number of carbonyl (C=O) groups is 1. The van der Waals surface area contributed by atoms with Crippen LogP contribution >= 0.6 is 11.3 Å². The van der Waals surface area contributed by atoms with Crippen LogP contribution in [0.15, 0.2) is 53.6 Å². The summed E-state index contributed by atoms with van der Waals surface area (Å²) in [7, 11) is 1.43. The quantitative estimate of drug-likeness (QED) is 0.369. The lowest BCUT2D eigenvalue weighted by Crippen LogP contribution is -2.06. The van der Waals surface area contributed by atoms with Gasteiger partial charge in [0.15, 0.2) is 0 Å². The molecule has 0 radical (unpaired) electrons. The Morgan fingerprint density at radius 2 is 1.96 bits per heavy atom. The third-order valence-electron chi connectivity index (χ3n) is 5.18. The van der Waals surface area contributed by atoms with Crippen molar-refractivity contribution in [2.24, 2.45) is 11.8 Å². The first-order valence-corrected chi connectivity index (χ1v) is 10.3. The number of methoxy groups -OCH3 is 1. The standard InChI is InChI=1S/C24H26O2S/c1-17-16-18(2)22(14-12-19-8-5-4-6-9-19)21(17)11-7-10-20-13-15-23(27-20)24(25)26-3/h4-6,8-9,13,15,18,22H,7,10-11,16H2,1-3H3/t18-,22+/m1/s1. The molecule has 27 heavy (non-hydrogen) atoms. The van der Waals surface area contributed by atoms with Gasteiger partial charge in [-0.05, 0) is 62.8 Å². The molecule has 2 atom stereocenters. The first kappa shape index (κ1) is 19.5. The molecular formula is C24H26O2S. The summed E-state index contributed by atoms with van der Waals surface area (Å²) in [5.74, 6) is 7.60. The SMILES string of the molecule is COC(=O)c1ccc(CCCC2=C(C)C[C@@H](C)[C@@H]2C#Cc2ccccc2)s1. The zero-order valence-electron chi connectivity index (χ0n) is 16.2. The number of carbonyl (C=O) groups excluding carboxylic acids is 1. The molecule has 1 heterocycles. The molecule has 0 spiro atoms. The van der Waals surface area contributed by atoms with E-state index in [0.29, 0.717) is 16.7 Å². The molecule has 1 aromatic heterocycles. The monoisotopic (exact) mass is 378 g/mol. The van der Waals surface area contributed by atoms with E-state index < -0.39 is 0 Å². The molecule has 0 bridgehead atoms. The zero-order chi connectivity index (χ0) is 19.2. The minimum atomic E-state index is -0.245. The smallest absolute Gasteiger partial charge is 0.348 e. The first-order valence-electron chi connectivity index (χ1n) is 9.50. The van der Waals surface area contributed by atoms with Crippen LogP contribution in [0.2, 0.25) is 0 Å². The molecule has 0 N–H and O–H groups in total. The second-order valence-electron chi connectivity index (χ2n) is 7.21. The maximum absolute atomic E-state index is 11.6. The Balaban J connectivity index is 1.62. The summed E-state index contributed by atoms with van der Waals surface area (Å²) in [4.78, 5) is 13.5. The summed E-state index contributed by atoms with van der Waals surface area (Å²) in [5, 5.41) is 0. The van der Waals surface area contributed by atoms with Crippen molar-refractivity contribution in [3.05, 3.63) is 68.9 Å². The third-order valence-corrected chi connectivity index (χ3v) is 6.31. The second-order valence-corrected chi connectivity index (χ2v) is 8.38. The van der Waals surface area contributed by atoms with Gasteiger partial charge in [-0.2, -0.15) is 0 Å². The van der Waals surface area contributed by atoms with E-state index >= 15 is 0 Å². The molecule has 2 nitrogen and oxygen atoms in total. The Labute approximate surface area is 166 Å². The van der Waals surface area contributed by atoms with E-state index in [0.717, 1.165) is 31.2 Å². The van der Waals surface area contributed by atoms with E-state index in [1.807, 2.05) is 30.3 Å². The lowest BCUT2D eigenvalue weighted by Gasteiger charge is -2.14. The van der Waals surface area contributed by atoms with Gasteiger partial charge < -0.3 is 4.74 Å². The summed E-state index contributed by atoms with van der Waals surface area (Å²) in [5.41, 5.74) is 4.12. The topological polar surface area (TPSA) is 26.3 Å². The van der Waals surface area contributed by atoms with Crippen LogP contribution in [0.4, 0.5) is 0 Å². The second kappa shape index (κ2) is 9.06. The summed E-state index contributed by atoms with van der Waals surface area (Å²) < 4.78 is 4.79. The van der Waals surface area contributed by atoms with Crippen LogP contribution < -0.4 is 0 Å². The molecule has 1 aromatic carbocycles. The van der Waals surface area contributed by atoms with Gasteiger partial charge in [-0.25, -0.2) is 4.79 Å². The third kappa shape index (κ3) is 4.90. The normalized spacial score (nSPS) is 18.9. The van der Waals surface area contributed by atoms with E-state index in [1.54, 1.807) is 0 Å². The summed E-state index contributed by atoms with van der Waals surface area (Å²) >= 11 is 1.54. The van der Waals surface area contributed by atoms with Crippen molar-refractivity contribution in [2.75, 3.05) is 7.11 Å². The highest BCUT2D eigenvalue weighted by atomic mass is 32.1. The average molecular weight is 379 g/mol. The molecule has 3 rings (SSSR count). The van der Waals surface area contributed by atoms with Gasteiger partial charge in [0.2, 0.25) is 0 Å². The van der Waals surface area contributed by atoms with Crippen molar-refractivity contribution in [1.82, 2.24) is 0 Å². The van der Waals surface area contributed by atoms with E-state index in [2.05, 4.69) is 37.8 Å². The van der Waals surface area contributed by atoms with Crippen LogP contribution in [0, 0.1) is 23.7 Å². The predicted molar refractivity (Wildman–Crippen MR) is 112 cm³/mol. The van der Waals surface area contributed by atoms with Crippen LogP contribution in [-0.4, -0.2) is 13.1 Å². The number of rotatable bonds is 5. The molecule has 0 saturated carbocycles. The fourth-order valence-corrected chi connectivity index (χ4v) is 4.76. The molecule has 1 aliphatic carbocycles. The lowest BCUT2D eigenvalue weighted by molar-refractivity contribution is 0.0606. The van der Waals surface area contributed by atoms with Crippen LogP contribution in [0.1, 0.15) is 53.2 Å². The van der Waals surface area contributed by atoms with Crippen molar-refractivity contribution in [2.45, 2.75) is 39.5 Å². The first-order chi connectivity index (χ1) is 13.1. The van der Waals surface area contributed by atoms with Crippen LogP contribution in [0.25, 0.3) is 0 Å². The van der Waals surface area contributed by atoms with E-state index in [9.17, 15) is 4.79 Å². The Morgan fingerprint density at radius 3 is 2.70 bits per heavy atom. The van der Waals surface area contributed by atoms with Gasteiger partial charge in [-0.15, -0.1) is 11.3 Å². The van der Waals surface area contributed by atoms with Gasteiger partial charge in [-0.3, -0.25) is 0 Å². The molecular weight excluding hydrogens is 352 g/mol. The maximum atomic E-state index is 11.6. The van der Waals surface area contributed by atoms with Gasteiger partial charge in [0, 0.05) is 16.4 Å².